The van der Waals surface area contributed by atoms with Crippen molar-refractivity contribution in [2.24, 2.45) is 11.7 Å². The Kier molecular flexibility index (Phi) is 7.38. The number of amides is 1. The zero-order chi connectivity index (χ0) is 18.4. The van der Waals surface area contributed by atoms with Crippen molar-refractivity contribution < 1.29 is 14.3 Å². The molecule has 6 heteroatoms. The molecule has 1 fully saturated rings. The third-order valence-electron chi connectivity index (χ3n) is 4.79. The number of ether oxygens (including phenoxy) is 2. The lowest BCUT2D eigenvalue weighted by Gasteiger charge is -2.33. The molecule has 25 heavy (non-hydrogen) atoms. The van der Waals surface area contributed by atoms with Gasteiger partial charge in [-0.05, 0) is 44.2 Å². The molecular weight excluding hydrogens is 340 g/mol. The van der Waals surface area contributed by atoms with Crippen molar-refractivity contribution in [3.63, 3.8) is 0 Å². The summed E-state index contributed by atoms with van der Waals surface area (Å²) < 4.78 is 11.1. The van der Waals surface area contributed by atoms with E-state index in [0.717, 1.165) is 38.8 Å². The number of nitrogens with two attached hydrogens (primary N) is 1. The van der Waals surface area contributed by atoms with Crippen molar-refractivity contribution in [1.29, 1.82) is 0 Å². The second-order valence-electron chi connectivity index (χ2n) is 6.68. The monoisotopic (exact) mass is 368 g/mol. The van der Waals surface area contributed by atoms with Crippen LogP contribution in [0.2, 0.25) is 5.02 Å². The summed E-state index contributed by atoms with van der Waals surface area (Å²) in [6.45, 7) is 6.15. The number of likely N-dealkylation sites (tertiary alicyclic amines) is 1. The lowest BCUT2D eigenvalue weighted by atomic mass is 9.90. The van der Waals surface area contributed by atoms with Crippen LogP contribution >= 0.6 is 11.6 Å². The summed E-state index contributed by atoms with van der Waals surface area (Å²) >= 11 is 6.35. The fraction of sp³-hybridized carbons (Fsp3) is 0.632. The fourth-order valence-corrected chi connectivity index (χ4v) is 3.38. The first-order valence-electron chi connectivity index (χ1n) is 9.03. The highest BCUT2D eigenvalue weighted by Gasteiger charge is 2.26. The maximum absolute atomic E-state index is 12.8. The number of halogens is 1. The van der Waals surface area contributed by atoms with Crippen molar-refractivity contribution in [1.82, 2.24) is 4.90 Å². The van der Waals surface area contributed by atoms with E-state index in [9.17, 15) is 4.79 Å². The minimum absolute atomic E-state index is 0.0246. The Morgan fingerprint density at radius 1 is 1.40 bits per heavy atom. The zero-order valence-corrected chi connectivity index (χ0v) is 16.1. The van der Waals surface area contributed by atoms with Gasteiger partial charge in [0, 0.05) is 24.7 Å². The molecule has 2 N–H and O–H groups in total. The Morgan fingerprint density at radius 3 is 2.64 bits per heavy atom. The Balaban J connectivity index is 2.11. The molecule has 0 bridgehead atoms. The molecule has 1 aromatic carbocycles. The van der Waals surface area contributed by atoms with Gasteiger partial charge < -0.3 is 20.1 Å². The van der Waals surface area contributed by atoms with Crippen molar-refractivity contribution in [3.05, 3.63) is 22.7 Å². The van der Waals surface area contributed by atoms with E-state index in [4.69, 9.17) is 26.8 Å². The van der Waals surface area contributed by atoms with Crippen LogP contribution in [0.4, 0.5) is 0 Å². The van der Waals surface area contributed by atoms with E-state index < -0.39 is 0 Å². The number of hydrogen-bond acceptors (Lipinski definition) is 4. The Labute approximate surface area is 155 Å². The predicted octanol–water partition coefficient (Wildman–Crippen LogP) is 3.73. The molecule has 1 aromatic rings. The first-order chi connectivity index (χ1) is 12.0. The Morgan fingerprint density at radius 2 is 2.08 bits per heavy atom. The van der Waals surface area contributed by atoms with Crippen LogP contribution in [0.3, 0.4) is 0 Å². The lowest BCUT2D eigenvalue weighted by Crippen LogP contribution is -2.42. The maximum atomic E-state index is 12.8. The van der Waals surface area contributed by atoms with E-state index in [-0.39, 0.29) is 11.9 Å². The summed E-state index contributed by atoms with van der Waals surface area (Å²) in [4.78, 5) is 14.7. The molecule has 0 saturated carbocycles. The molecule has 1 heterocycles. The van der Waals surface area contributed by atoms with E-state index >= 15 is 0 Å². The number of benzene rings is 1. The van der Waals surface area contributed by atoms with Crippen molar-refractivity contribution in [2.75, 3.05) is 26.8 Å². The number of carbonyl (C=O) groups excluding carboxylic acids is 1. The summed E-state index contributed by atoms with van der Waals surface area (Å²) in [5, 5.41) is 0.407. The largest absolute Gasteiger partial charge is 0.493 e. The van der Waals surface area contributed by atoms with Gasteiger partial charge in [-0.3, -0.25) is 4.79 Å². The molecule has 0 aliphatic carbocycles. The predicted molar refractivity (Wildman–Crippen MR) is 101 cm³/mol. The standard InChI is InChI=1S/C19H29ClN2O3/c1-4-5-10-25-18-16(20)11-15(12-17(18)24-3)19(23)22-8-6-14(7-9-22)13(2)21/h11-14H,4-10,21H2,1-3H3. The van der Waals surface area contributed by atoms with Crippen molar-refractivity contribution in [2.45, 2.75) is 45.6 Å². The number of piperidine rings is 1. The van der Waals surface area contributed by atoms with Gasteiger partial charge in [-0.2, -0.15) is 0 Å². The summed E-state index contributed by atoms with van der Waals surface area (Å²) in [5.41, 5.74) is 6.50. The molecule has 0 aromatic heterocycles. The van der Waals surface area contributed by atoms with Gasteiger partial charge >= 0.3 is 0 Å². The molecule has 1 aliphatic rings. The second kappa shape index (κ2) is 9.30. The van der Waals surface area contributed by atoms with Crippen molar-refractivity contribution >= 4 is 17.5 Å². The summed E-state index contributed by atoms with van der Waals surface area (Å²) in [5.74, 6) is 1.46. The highest BCUT2D eigenvalue weighted by atomic mass is 35.5. The van der Waals surface area contributed by atoms with Gasteiger partial charge in [0.05, 0.1) is 18.7 Å². The van der Waals surface area contributed by atoms with Gasteiger partial charge in [0.15, 0.2) is 11.5 Å². The number of hydrogen-bond donors (Lipinski definition) is 1. The molecule has 1 aliphatic heterocycles. The summed E-state index contributed by atoms with van der Waals surface area (Å²) in [6.07, 6.45) is 3.85. The summed E-state index contributed by atoms with van der Waals surface area (Å²) in [6, 6.07) is 3.56. The van der Waals surface area contributed by atoms with Crippen LogP contribution in [0, 0.1) is 5.92 Å². The number of nitrogens with zero attached hydrogens (tertiary/aromatic N) is 1. The quantitative estimate of drug-likeness (QED) is 0.745. The molecular formula is C19H29ClN2O3. The lowest BCUT2D eigenvalue weighted by molar-refractivity contribution is 0.0680. The molecule has 5 nitrogen and oxygen atoms in total. The topological polar surface area (TPSA) is 64.8 Å². The number of carbonyl (C=O) groups is 1. The molecule has 140 valence electrons. The van der Waals surface area contributed by atoms with Gasteiger partial charge in [-0.1, -0.05) is 24.9 Å². The van der Waals surface area contributed by atoms with E-state index in [1.165, 1.54) is 0 Å². The average Bonchev–Trinajstić information content (AvgIpc) is 2.62. The third kappa shape index (κ3) is 5.02. The molecule has 1 saturated heterocycles. The van der Waals surface area contributed by atoms with Crippen LogP contribution in [0.25, 0.3) is 0 Å². The molecule has 1 atom stereocenters. The van der Waals surface area contributed by atoms with Crippen LogP contribution in [0.15, 0.2) is 12.1 Å². The fourth-order valence-electron chi connectivity index (χ4n) is 3.11. The van der Waals surface area contributed by atoms with Crippen LogP contribution in [0.1, 0.15) is 49.9 Å². The van der Waals surface area contributed by atoms with Gasteiger partial charge in [0.2, 0.25) is 0 Å². The molecule has 1 unspecified atom stereocenters. The van der Waals surface area contributed by atoms with Crippen LogP contribution in [0.5, 0.6) is 11.5 Å². The summed E-state index contributed by atoms with van der Waals surface area (Å²) in [7, 11) is 1.56. The Bertz CT molecular complexity index is 584. The molecule has 0 spiro atoms. The maximum Gasteiger partial charge on any atom is 0.254 e. The number of unbranched alkanes of at least 4 members (excludes halogenated alkanes) is 1. The number of methoxy groups -OCH3 is 1. The van der Waals surface area contributed by atoms with E-state index in [1.807, 2.05) is 11.8 Å². The van der Waals surface area contributed by atoms with Crippen molar-refractivity contribution in [3.8, 4) is 11.5 Å². The highest BCUT2D eigenvalue weighted by Crippen LogP contribution is 2.37. The minimum atomic E-state index is -0.0246. The Hall–Kier alpha value is -1.46. The van der Waals surface area contributed by atoms with Gasteiger partial charge in [-0.25, -0.2) is 0 Å². The number of rotatable bonds is 7. The minimum Gasteiger partial charge on any atom is -0.493 e. The smallest absolute Gasteiger partial charge is 0.254 e. The third-order valence-corrected chi connectivity index (χ3v) is 5.07. The SMILES string of the molecule is CCCCOc1c(Cl)cc(C(=O)N2CCC(C(C)N)CC2)cc1OC. The molecule has 0 radical (unpaired) electrons. The van der Waals surface area contributed by atoms with Crippen LogP contribution in [-0.4, -0.2) is 43.7 Å². The van der Waals surface area contributed by atoms with Gasteiger partial charge in [0.25, 0.3) is 5.91 Å². The zero-order valence-electron chi connectivity index (χ0n) is 15.4. The highest BCUT2D eigenvalue weighted by molar-refractivity contribution is 6.32. The second-order valence-corrected chi connectivity index (χ2v) is 7.09. The first-order valence-corrected chi connectivity index (χ1v) is 9.40. The van der Waals surface area contributed by atoms with Gasteiger partial charge in [0.1, 0.15) is 0 Å². The van der Waals surface area contributed by atoms with E-state index in [1.54, 1.807) is 19.2 Å². The van der Waals surface area contributed by atoms with E-state index in [2.05, 4.69) is 6.92 Å². The van der Waals surface area contributed by atoms with E-state index in [0.29, 0.717) is 34.6 Å². The molecule has 1 amide bonds. The van der Waals surface area contributed by atoms with Gasteiger partial charge in [-0.15, -0.1) is 0 Å². The van der Waals surface area contributed by atoms with Crippen LogP contribution in [-0.2, 0) is 0 Å². The van der Waals surface area contributed by atoms with Crippen LogP contribution < -0.4 is 15.2 Å². The first kappa shape index (κ1) is 19.9. The normalized spacial score (nSPS) is 16.6. The molecule has 2 rings (SSSR count). The average molecular weight is 369 g/mol.